The summed E-state index contributed by atoms with van der Waals surface area (Å²) in [6.45, 7) is 4.73. The Morgan fingerprint density at radius 3 is 2.29 bits per heavy atom. The Balaban J connectivity index is 3.27. The minimum absolute atomic E-state index is 0.239. The average molecular weight is 323 g/mol. The fourth-order valence-corrected chi connectivity index (χ4v) is 2.07. The lowest BCUT2D eigenvalue weighted by Crippen LogP contribution is -2.47. The molecule has 0 unspecified atom stereocenters. The number of aryl methyl sites for hydroxylation is 1. The molecule has 0 saturated heterocycles. The van der Waals surface area contributed by atoms with E-state index in [9.17, 15) is 18.4 Å². The SMILES string of the molecule is COC(=O)c1c(Cl)c(C(F)(F)C(=O)NC(C)(C)C)cn1C. The maximum absolute atomic E-state index is 14.2. The minimum Gasteiger partial charge on any atom is -0.464 e. The minimum atomic E-state index is -3.87. The lowest BCUT2D eigenvalue weighted by atomic mass is 10.1. The smallest absolute Gasteiger partial charge is 0.356 e. The van der Waals surface area contributed by atoms with Gasteiger partial charge in [-0.05, 0) is 20.8 Å². The Morgan fingerprint density at radius 2 is 1.86 bits per heavy atom. The molecule has 0 saturated carbocycles. The van der Waals surface area contributed by atoms with Gasteiger partial charge in [-0.1, -0.05) is 11.6 Å². The number of nitrogens with one attached hydrogen (secondary N) is 1. The summed E-state index contributed by atoms with van der Waals surface area (Å²) in [6.07, 6.45) is 0.941. The predicted octanol–water partition coefficient (Wildman–Crippen LogP) is 2.47. The highest BCUT2D eigenvalue weighted by Gasteiger charge is 2.46. The van der Waals surface area contributed by atoms with Gasteiger partial charge in [0.1, 0.15) is 5.69 Å². The number of ether oxygens (including phenoxy) is 1. The molecule has 1 amide bonds. The van der Waals surface area contributed by atoms with Crippen molar-refractivity contribution in [2.24, 2.45) is 7.05 Å². The molecule has 1 heterocycles. The number of esters is 1. The summed E-state index contributed by atoms with van der Waals surface area (Å²) in [4.78, 5) is 23.3. The maximum Gasteiger partial charge on any atom is 0.356 e. The van der Waals surface area contributed by atoms with Gasteiger partial charge in [-0.15, -0.1) is 0 Å². The van der Waals surface area contributed by atoms with Crippen LogP contribution in [0.5, 0.6) is 0 Å². The Labute approximate surface area is 126 Å². The number of carbonyl (C=O) groups excluding carboxylic acids is 2. The fourth-order valence-electron chi connectivity index (χ4n) is 1.69. The van der Waals surface area contributed by atoms with Gasteiger partial charge in [0.25, 0.3) is 5.91 Å². The molecule has 0 fully saturated rings. The second-order valence-corrected chi connectivity index (χ2v) is 5.96. The average Bonchev–Trinajstić information content (AvgIpc) is 2.62. The largest absolute Gasteiger partial charge is 0.464 e. The lowest BCUT2D eigenvalue weighted by molar-refractivity contribution is -0.148. The monoisotopic (exact) mass is 322 g/mol. The number of methoxy groups -OCH3 is 1. The van der Waals surface area contributed by atoms with Crippen LogP contribution in [0.25, 0.3) is 0 Å². The van der Waals surface area contributed by atoms with E-state index in [1.807, 2.05) is 0 Å². The number of halogens is 3. The third kappa shape index (κ3) is 3.53. The van der Waals surface area contributed by atoms with E-state index in [1.54, 1.807) is 20.8 Å². The summed E-state index contributed by atoms with van der Waals surface area (Å²) < 4.78 is 34.1. The molecule has 0 spiro atoms. The van der Waals surface area contributed by atoms with Crippen molar-refractivity contribution in [1.82, 2.24) is 9.88 Å². The third-order valence-electron chi connectivity index (χ3n) is 2.61. The first kappa shape index (κ1) is 17.4. The van der Waals surface area contributed by atoms with E-state index in [0.717, 1.165) is 17.9 Å². The zero-order valence-electron chi connectivity index (χ0n) is 12.4. The number of alkyl halides is 2. The first-order valence-corrected chi connectivity index (χ1v) is 6.43. The summed E-state index contributed by atoms with van der Waals surface area (Å²) in [5.74, 6) is -6.21. The van der Waals surface area contributed by atoms with Crippen LogP contribution in [-0.4, -0.2) is 29.1 Å². The van der Waals surface area contributed by atoms with E-state index in [0.29, 0.717) is 0 Å². The molecule has 0 aliphatic heterocycles. The van der Waals surface area contributed by atoms with Gasteiger partial charge in [0, 0.05) is 18.8 Å². The van der Waals surface area contributed by atoms with Gasteiger partial charge in [0.15, 0.2) is 0 Å². The number of carbonyl (C=O) groups is 2. The van der Waals surface area contributed by atoms with Gasteiger partial charge in [-0.3, -0.25) is 4.79 Å². The zero-order valence-corrected chi connectivity index (χ0v) is 13.1. The number of hydrogen-bond acceptors (Lipinski definition) is 3. The first-order valence-electron chi connectivity index (χ1n) is 6.06. The number of rotatable bonds is 3. The molecule has 0 aliphatic rings. The van der Waals surface area contributed by atoms with Gasteiger partial charge >= 0.3 is 11.9 Å². The summed E-state index contributed by atoms with van der Waals surface area (Å²) >= 11 is 5.82. The molecule has 1 rings (SSSR count). The molecule has 0 radical (unpaired) electrons. The second kappa shape index (κ2) is 5.63. The molecule has 1 aromatic rings. The Morgan fingerprint density at radius 1 is 1.33 bits per heavy atom. The van der Waals surface area contributed by atoms with Gasteiger partial charge in [0.05, 0.1) is 17.7 Å². The Bertz CT molecular complexity index is 577. The van der Waals surface area contributed by atoms with Crippen LogP contribution in [0.15, 0.2) is 6.20 Å². The molecule has 5 nitrogen and oxygen atoms in total. The van der Waals surface area contributed by atoms with E-state index in [1.165, 1.54) is 7.05 Å². The second-order valence-electron chi connectivity index (χ2n) is 5.59. The summed E-state index contributed by atoms with van der Waals surface area (Å²) in [6, 6.07) is 0. The van der Waals surface area contributed by atoms with Crippen LogP contribution in [0.1, 0.15) is 36.8 Å². The van der Waals surface area contributed by atoms with E-state index in [4.69, 9.17) is 11.6 Å². The predicted molar refractivity (Wildman–Crippen MR) is 73.6 cm³/mol. The molecule has 8 heteroatoms. The van der Waals surface area contributed by atoms with Crippen molar-refractivity contribution in [2.45, 2.75) is 32.2 Å². The van der Waals surface area contributed by atoms with Crippen molar-refractivity contribution in [3.05, 3.63) is 22.5 Å². The summed E-state index contributed by atoms with van der Waals surface area (Å²) in [5, 5.41) is 1.68. The van der Waals surface area contributed by atoms with Crippen LogP contribution >= 0.6 is 11.6 Å². The van der Waals surface area contributed by atoms with E-state index in [-0.39, 0.29) is 5.69 Å². The number of nitrogens with zero attached hydrogens (tertiary/aromatic N) is 1. The quantitative estimate of drug-likeness (QED) is 0.870. The van der Waals surface area contributed by atoms with Crippen molar-refractivity contribution >= 4 is 23.5 Å². The van der Waals surface area contributed by atoms with E-state index >= 15 is 0 Å². The maximum atomic E-state index is 14.2. The fraction of sp³-hybridized carbons (Fsp3) is 0.538. The van der Waals surface area contributed by atoms with Crippen LogP contribution in [0, 0.1) is 0 Å². The summed E-state index contributed by atoms with van der Waals surface area (Å²) in [7, 11) is 2.47. The highest BCUT2D eigenvalue weighted by atomic mass is 35.5. The van der Waals surface area contributed by atoms with Crippen molar-refractivity contribution in [3.63, 3.8) is 0 Å². The highest BCUT2D eigenvalue weighted by Crippen LogP contribution is 2.37. The molecular weight excluding hydrogens is 306 g/mol. The van der Waals surface area contributed by atoms with Crippen molar-refractivity contribution < 1.29 is 23.1 Å². The van der Waals surface area contributed by atoms with Crippen molar-refractivity contribution in [3.8, 4) is 0 Å². The van der Waals surface area contributed by atoms with Crippen LogP contribution in [0.2, 0.25) is 5.02 Å². The Kier molecular flexibility index (Phi) is 4.67. The first-order chi connectivity index (χ1) is 9.41. The standard InChI is InChI=1S/C13H17ClF2N2O3/c1-12(2,3)17-11(20)13(15,16)7-6-18(4)9(8(7)14)10(19)21-5/h6H,1-5H3,(H,17,20). The molecule has 21 heavy (non-hydrogen) atoms. The lowest BCUT2D eigenvalue weighted by Gasteiger charge is -2.24. The molecule has 0 bridgehead atoms. The Hall–Kier alpha value is -1.63. The molecule has 1 N–H and O–H groups in total. The molecule has 0 atom stereocenters. The molecule has 0 aromatic carbocycles. The van der Waals surface area contributed by atoms with Crippen molar-refractivity contribution in [1.29, 1.82) is 0 Å². The topological polar surface area (TPSA) is 60.3 Å². The molecule has 1 aromatic heterocycles. The zero-order chi connectivity index (χ0) is 16.6. The van der Waals surface area contributed by atoms with Gasteiger partial charge in [-0.25, -0.2) is 4.79 Å². The molecule has 0 aliphatic carbocycles. The number of amides is 1. The van der Waals surface area contributed by atoms with Crippen LogP contribution in [0.3, 0.4) is 0 Å². The molecule has 118 valence electrons. The third-order valence-corrected chi connectivity index (χ3v) is 2.99. The normalized spacial score (nSPS) is 12.2. The summed E-state index contributed by atoms with van der Waals surface area (Å²) in [5.41, 5.74) is -1.81. The van der Waals surface area contributed by atoms with Gasteiger partial charge in [-0.2, -0.15) is 8.78 Å². The number of hydrogen-bond donors (Lipinski definition) is 1. The van der Waals surface area contributed by atoms with Gasteiger partial charge in [0.2, 0.25) is 0 Å². The van der Waals surface area contributed by atoms with Crippen LogP contribution in [0.4, 0.5) is 8.78 Å². The van der Waals surface area contributed by atoms with Crippen molar-refractivity contribution in [2.75, 3.05) is 7.11 Å². The van der Waals surface area contributed by atoms with E-state index in [2.05, 4.69) is 10.1 Å². The van der Waals surface area contributed by atoms with E-state index < -0.39 is 33.9 Å². The van der Waals surface area contributed by atoms with Gasteiger partial charge < -0.3 is 14.6 Å². The van der Waals surface area contributed by atoms with Crippen LogP contribution < -0.4 is 5.32 Å². The molecular formula is C13H17ClF2N2O3. The van der Waals surface area contributed by atoms with Crippen LogP contribution in [-0.2, 0) is 22.5 Å². The highest BCUT2D eigenvalue weighted by molar-refractivity contribution is 6.34. The number of aromatic nitrogens is 1.